The van der Waals surface area contributed by atoms with E-state index in [4.69, 9.17) is 0 Å². The van der Waals surface area contributed by atoms with Crippen LogP contribution >= 0.6 is 0 Å². The predicted molar refractivity (Wildman–Crippen MR) is 104 cm³/mol. The summed E-state index contributed by atoms with van der Waals surface area (Å²) in [4.78, 5) is 26.3. The largest absolute Gasteiger partial charge is 0.372 e. The van der Waals surface area contributed by atoms with Crippen molar-refractivity contribution in [3.05, 3.63) is 59.7 Å². The lowest BCUT2D eigenvalue weighted by Gasteiger charge is -2.17. The Balaban J connectivity index is 1.45. The van der Waals surface area contributed by atoms with Gasteiger partial charge in [0, 0.05) is 31.0 Å². The topological polar surface area (TPSA) is 61.4 Å². The van der Waals surface area contributed by atoms with Crippen molar-refractivity contribution in [3.63, 3.8) is 0 Å². The molecule has 0 spiro atoms. The summed E-state index contributed by atoms with van der Waals surface area (Å²) in [6, 6.07) is 15.7. The summed E-state index contributed by atoms with van der Waals surface area (Å²) >= 11 is 0. The van der Waals surface area contributed by atoms with Crippen LogP contribution in [0.4, 0.5) is 11.4 Å². The summed E-state index contributed by atoms with van der Waals surface area (Å²) in [5.74, 6) is -0.585. The van der Waals surface area contributed by atoms with Crippen LogP contribution in [0.1, 0.15) is 30.4 Å². The Bertz CT molecular complexity index is 765. The SMILES string of the molecule is Cc1cccc(CNC(=O)CC(=O)Nc2ccc(N3CCCC3)cc2)c1. The van der Waals surface area contributed by atoms with Gasteiger partial charge in [-0.15, -0.1) is 0 Å². The van der Waals surface area contributed by atoms with E-state index in [1.807, 2.05) is 55.5 Å². The Morgan fingerprint density at radius 1 is 1.00 bits per heavy atom. The molecule has 1 saturated heterocycles. The lowest BCUT2D eigenvalue weighted by atomic mass is 10.1. The van der Waals surface area contributed by atoms with E-state index in [1.54, 1.807) is 0 Å². The number of amides is 2. The van der Waals surface area contributed by atoms with E-state index in [0.29, 0.717) is 12.2 Å². The molecule has 0 atom stereocenters. The van der Waals surface area contributed by atoms with Gasteiger partial charge in [-0.3, -0.25) is 9.59 Å². The van der Waals surface area contributed by atoms with Gasteiger partial charge in [0.25, 0.3) is 0 Å². The molecule has 136 valence electrons. The van der Waals surface area contributed by atoms with Gasteiger partial charge in [-0.1, -0.05) is 29.8 Å². The fourth-order valence-corrected chi connectivity index (χ4v) is 3.17. The Morgan fingerprint density at radius 3 is 2.42 bits per heavy atom. The van der Waals surface area contributed by atoms with E-state index in [0.717, 1.165) is 24.2 Å². The Morgan fingerprint density at radius 2 is 1.73 bits per heavy atom. The lowest BCUT2D eigenvalue weighted by molar-refractivity contribution is -0.126. The van der Waals surface area contributed by atoms with Crippen molar-refractivity contribution >= 4 is 23.2 Å². The highest BCUT2D eigenvalue weighted by molar-refractivity contribution is 6.03. The molecule has 5 nitrogen and oxygen atoms in total. The number of hydrogen-bond donors (Lipinski definition) is 2. The van der Waals surface area contributed by atoms with Gasteiger partial charge >= 0.3 is 0 Å². The van der Waals surface area contributed by atoms with Gasteiger partial charge in [-0.05, 0) is 49.6 Å². The maximum absolute atomic E-state index is 12.0. The third kappa shape index (κ3) is 5.09. The summed E-state index contributed by atoms with van der Waals surface area (Å²) in [7, 11) is 0. The van der Waals surface area contributed by atoms with Crippen molar-refractivity contribution < 1.29 is 9.59 Å². The molecule has 0 aliphatic carbocycles. The molecule has 0 aromatic heterocycles. The number of carbonyl (C=O) groups excluding carboxylic acids is 2. The number of anilines is 2. The van der Waals surface area contributed by atoms with Gasteiger partial charge < -0.3 is 15.5 Å². The zero-order valence-electron chi connectivity index (χ0n) is 15.1. The number of nitrogens with zero attached hydrogens (tertiary/aromatic N) is 1. The first-order chi connectivity index (χ1) is 12.6. The Hall–Kier alpha value is -2.82. The average molecular weight is 351 g/mol. The number of benzene rings is 2. The molecular weight excluding hydrogens is 326 g/mol. The van der Waals surface area contributed by atoms with Crippen LogP contribution in [-0.4, -0.2) is 24.9 Å². The van der Waals surface area contributed by atoms with Crippen LogP contribution in [0.25, 0.3) is 0 Å². The molecule has 0 unspecified atom stereocenters. The maximum atomic E-state index is 12.0. The molecule has 0 bridgehead atoms. The molecule has 2 aromatic rings. The standard InChI is InChI=1S/C21H25N3O2/c1-16-5-4-6-17(13-16)15-22-20(25)14-21(26)23-18-7-9-19(10-8-18)24-11-2-3-12-24/h4-10,13H,2-3,11-12,14-15H2,1H3,(H,22,25)(H,23,26). The number of nitrogens with one attached hydrogen (secondary N) is 2. The van der Waals surface area contributed by atoms with Crippen molar-refractivity contribution in [2.75, 3.05) is 23.3 Å². The maximum Gasteiger partial charge on any atom is 0.233 e. The van der Waals surface area contributed by atoms with Crippen LogP contribution in [0.3, 0.4) is 0 Å². The minimum Gasteiger partial charge on any atom is -0.372 e. The van der Waals surface area contributed by atoms with Gasteiger partial charge in [0.1, 0.15) is 6.42 Å². The fraction of sp³-hybridized carbons (Fsp3) is 0.333. The predicted octanol–water partition coefficient (Wildman–Crippen LogP) is 3.24. The van der Waals surface area contributed by atoms with Crippen LogP contribution in [0.5, 0.6) is 0 Å². The van der Waals surface area contributed by atoms with E-state index in [2.05, 4.69) is 15.5 Å². The second-order valence-corrected chi connectivity index (χ2v) is 6.73. The Kier molecular flexibility index (Phi) is 5.89. The van der Waals surface area contributed by atoms with Crippen molar-refractivity contribution in [1.82, 2.24) is 5.32 Å². The summed E-state index contributed by atoms with van der Waals surface area (Å²) < 4.78 is 0. The van der Waals surface area contributed by atoms with Crippen LogP contribution in [0.2, 0.25) is 0 Å². The number of carbonyl (C=O) groups is 2. The Labute approximate surface area is 154 Å². The molecule has 1 fully saturated rings. The van der Waals surface area contributed by atoms with Gasteiger partial charge in [0.2, 0.25) is 11.8 Å². The van der Waals surface area contributed by atoms with E-state index in [-0.39, 0.29) is 18.2 Å². The molecule has 3 rings (SSSR count). The lowest BCUT2D eigenvalue weighted by Crippen LogP contribution is -2.27. The van der Waals surface area contributed by atoms with E-state index < -0.39 is 0 Å². The monoisotopic (exact) mass is 351 g/mol. The molecule has 1 aliphatic heterocycles. The molecule has 0 saturated carbocycles. The first-order valence-electron chi connectivity index (χ1n) is 9.07. The summed E-state index contributed by atoms with van der Waals surface area (Å²) in [6.45, 7) is 4.62. The van der Waals surface area contributed by atoms with Gasteiger partial charge in [0.15, 0.2) is 0 Å². The van der Waals surface area contributed by atoms with Crippen LogP contribution in [0, 0.1) is 6.92 Å². The summed E-state index contributed by atoms with van der Waals surface area (Å²) in [5.41, 5.74) is 4.06. The van der Waals surface area contributed by atoms with Crippen molar-refractivity contribution in [2.24, 2.45) is 0 Å². The highest BCUT2D eigenvalue weighted by atomic mass is 16.2. The second-order valence-electron chi connectivity index (χ2n) is 6.73. The van der Waals surface area contributed by atoms with Crippen LogP contribution in [-0.2, 0) is 16.1 Å². The highest BCUT2D eigenvalue weighted by Gasteiger charge is 2.13. The first kappa shape index (κ1) is 18.0. The quantitative estimate of drug-likeness (QED) is 0.786. The molecule has 2 amide bonds. The summed E-state index contributed by atoms with van der Waals surface area (Å²) in [5, 5.41) is 5.56. The minimum absolute atomic E-state index is 0.181. The third-order valence-electron chi connectivity index (χ3n) is 4.52. The van der Waals surface area contributed by atoms with Crippen molar-refractivity contribution in [3.8, 4) is 0 Å². The zero-order chi connectivity index (χ0) is 18.4. The average Bonchev–Trinajstić information content (AvgIpc) is 3.15. The smallest absolute Gasteiger partial charge is 0.233 e. The van der Waals surface area contributed by atoms with Gasteiger partial charge in [-0.2, -0.15) is 0 Å². The van der Waals surface area contributed by atoms with Crippen molar-refractivity contribution in [2.45, 2.75) is 32.7 Å². The van der Waals surface area contributed by atoms with E-state index in [1.165, 1.54) is 18.5 Å². The molecule has 5 heteroatoms. The fourth-order valence-electron chi connectivity index (χ4n) is 3.17. The first-order valence-corrected chi connectivity index (χ1v) is 9.07. The molecule has 0 radical (unpaired) electrons. The summed E-state index contributed by atoms with van der Waals surface area (Å²) in [6.07, 6.45) is 2.28. The molecule has 26 heavy (non-hydrogen) atoms. The number of aryl methyl sites for hydroxylation is 1. The van der Waals surface area contributed by atoms with Crippen LogP contribution < -0.4 is 15.5 Å². The minimum atomic E-state index is -0.305. The van der Waals surface area contributed by atoms with Gasteiger partial charge in [0.05, 0.1) is 0 Å². The molecular formula is C21H25N3O2. The number of hydrogen-bond acceptors (Lipinski definition) is 3. The second kappa shape index (κ2) is 8.52. The third-order valence-corrected chi connectivity index (χ3v) is 4.52. The van der Waals surface area contributed by atoms with Crippen molar-refractivity contribution in [1.29, 1.82) is 0 Å². The normalized spacial score (nSPS) is 13.5. The molecule has 2 aromatic carbocycles. The van der Waals surface area contributed by atoms with Gasteiger partial charge in [-0.25, -0.2) is 0 Å². The zero-order valence-corrected chi connectivity index (χ0v) is 15.1. The highest BCUT2D eigenvalue weighted by Crippen LogP contribution is 2.22. The van der Waals surface area contributed by atoms with Crippen LogP contribution in [0.15, 0.2) is 48.5 Å². The number of rotatable bonds is 6. The van der Waals surface area contributed by atoms with E-state index in [9.17, 15) is 9.59 Å². The molecule has 1 heterocycles. The molecule has 1 aliphatic rings. The molecule has 2 N–H and O–H groups in total. The van der Waals surface area contributed by atoms with E-state index >= 15 is 0 Å².